The minimum absolute atomic E-state index is 0.122. The standard InChI is InChI=1S/C24H25NO5/c26-23(27)14-3-1-2-9-19(24(28)25-16-20-11-7-15-29-20)17-30-22-13-6-10-18-8-4-5-12-21(18)22/h4-13,15H,1-3,14,16-17H2,(H,25,28)(H,26,27)/b19-9+. The number of fused-ring (bicyclic) bond motifs is 1. The zero-order chi connectivity index (χ0) is 21.2. The first-order valence-corrected chi connectivity index (χ1v) is 9.95. The molecule has 0 radical (unpaired) electrons. The van der Waals surface area contributed by atoms with Crippen molar-refractivity contribution in [3.05, 3.63) is 78.3 Å². The molecule has 0 fully saturated rings. The first-order chi connectivity index (χ1) is 14.6. The first-order valence-electron chi connectivity index (χ1n) is 9.95. The summed E-state index contributed by atoms with van der Waals surface area (Å²) in [5, 5.41) is 13.7. The number of ether oxygens (including phenoxy) is 1. The Morgan fingerprint density at radius 2 is 1.87 bits per heavy atom. The SMILES string of the molecule is O=C(O)CCCC/C=C(\COc1cccc2ccccc12)C(=O)NCc1ccco1. The molecule has 0 aliphatic heterocycles. The van der Waals surface area contributed by atoms with Gasteiger partial charge in [-0.1, -0.05) is 42.5 Å². The highest BCUT2D eigenvalue weighted by molar-refractivity contribution is 5.94. The van der Waals surface area contributed by atoms with Crippen LogP contribution >= 0.6 is 0 Å². The maximum atomic E-state index is 12.7. The second-order valence-electron chi connectivity index (χ2n) is 6.90. The van der Waals surface area contributed by atoms with Crippen LogP contribution in [0.5, 0.6) is 5.75 Å². The van der Waals surface area contributed by atoms with Gasteiger partial charge in [-0.2, -0.15) is 0 Å². The summed E-state index contributed by atoms with van der Waals surface area (Å²) >= 11 is 0. The number of furan rings is 1. The Balaban J connectivity index is 1.65. The van der Waals surface area contributed by atoms with Crippen molar-refractivity contribution in [3.63, 3.8) is 0 Å². The first kappa shape index (κ1) is 21.2. The minimum atomic E-state index is -0.810. The molecule has 3 aromatic rings. The summed E-state index contributed by atoms with van der Waals surface area (Å²) in [4.78, 5) is 23.4. The molecule has 6 nitrogen and oxygen atoms in total. The van der Waals surface area contributed by atoms with Gasteiger partial charge in [0.15, 0.2) is 0 Å². The molecule has 0 bridgehead atoms. The van der Waals surface area contributed by atoms with Crippen molar-refractivity contribution in [2.24, 2.45) is 0 Å². The van der Waals surface area contributed by atoms with Crippen LogP contribution in [0.25, 0.3) is 10.8 Å². The Bertz CT molecular complexity index is 1000. The van der Waals surface area contributed by atoms with Gasteiger partial charge in [-0.15, -0.1) is 0 Å². The summed E-state index contributed by atoms with van der Waals surface area (Å²) < 4.78 is 11.2. The summed E-state index contributed by atoms with van der Waals surface area (Å²) in [6.45, 7) is 0.410. The molecule has 1 amide bonds. The molecule has 0 saturated heterocycles. The van der Waals surface area contributed by atoms with Gasteiger partial charge >= 0.3 is 5.97 Å². The summed E-state index contributed by atoms with van der Waals surface area (Å²) in [7, 11) is 0. The van der Waals surface area contributed by atoms with Gasteiger partial charge in [0.2, 0.25) is 0 Å². The van der Waals surface area contributed by atoms with Crippen molar-refractivity contribution in [1.82, 2.24) is 5.32 Å². The molecule has 156 valence electrons. The van der Waals surface area contributed by atoms with Crippen LogP contribution in [0.4, 0.5) is 0 Å². The number of aliphatic carboxylic acids is 1. The number of benzene rings is 2. The maximum Gasteiger partial charge on any atom is 0.303 e. The number of amides is 1. The number of carbonyl (C=O) groups excluding carboxylic acids is 1. The predicted molar refractivity (Wildman–Crippen MR) is 114 cm³/mol. The lowest BCUT2D eigenvalue weighted by molar-refractivity contribution is -0.137. The summed E-state index contributed by atoms with van der Waals surface area (Å²) in [6.07, 6.45) is 5.37. The fourth-order valence-corrected chi connectivity index (χ4v) is 3.09. The largest absolute Gasteiger partial charge is 0.488 e. The zero-order valence-corrected chi connectivity index (χ0v) is 16.7. The zero-order valence-electron chi connectivity index (χ0n) is 16.7. The highest BCUT2D eigenvalue weighted by Gasteiger charge is 2.12. The number of carboxylic acids is 1. The van der Waals surface area contributed by atoms with Crippen LogP contribution in [0.15, 0.2) is 76.9 Å². The number of carbonyl (C=O) groups is 2. The van der Waals surface area contributed by atoms with Gasteiger partial charge in [-0.05, 0) is 42.8 Å². The average Bonchev–Trinajstić information content (AvgIpc) is 3.27. The lowest BCUT2D eigenvalue weighted by Gasteiger charge is -2.12. The van der Waals surface area contributed by atoms with Gasteiger partial charge in [0.1, 0.15) is 18.1 Å². The molecule has 1 heterocycles. The normalized spacial score (nSPS) is 11.4. The van der Waals surface area contributed by atoms with Gasteiger partial charge in [0.25, 0.3) is 5.91 Å². The number of hydrogen-bond acceptors (Lipinski definition) is 4. The van der Waals surface area contributed by atoms with E-state index in [1.807, 2.05) is 48.5 Å². The van der Waals surface area contributed by atoms with Crippen LogP contribution in [-0.4, -0.2) is 23.6 Å². The van der Waals surface area contributed by atoms with Crippen LogP contribution in [0, 0.1) is 0 Å². The Morgan fingerprint density at radius 3 is 2.67 bits per heavy atom. The minimum Gasteiger partial charge on any atom is -0.488 e. The predicted octanol–water partition coefficient (Wildman–Crippen LogP) is 4.70. The van der Waals surface area contributed by atoms with Crippen LogP contribution in [-0.2, 0) is 16.1 Å². The van der Waals surface area contributed by atoms with E-state index in [1.165, 1.54) is 0 Å². The fraction of sp³-hybridized carbons (Fsp3) is 0.250. The molecule has 30 heavy (non-hydrogen) atoms. The van der Waals surface area contributed by atoms with E-state index in [0.717, 1.165) is 10.8 Å². The molecule has 3 rings (SSSR count). The second kappa shape index (κ2) is 10.9. The fourth-order valence-electron chi connectivity index (χ4n) is 3.09. The van der Waals surface area contributed by atoms with E-state index in [0.29, 0.717) is 36.3 Å². The van der Waals surface area contributed by atoms with Crippen molar-refractivity contribution in [3.8, 4) is 5.75 Å². The molecule has 0 atom stereocenters. The summed E-state index contributed by atoms with van der Waals surface area (Å²) in [5.41, 5.74) is 0.504. The molecule has 0 spiro atoms. The highest BCUT2D eigenvalue weighted by atomic mass is 16.5. The molecule has 2 N–H and O–H groups in total. The number of allylic oxidation sites excluding steroid dienone is 1. The van der Waals surface area contributed by atoms with E-state index in [4.69, 9.17) is 14.3 Å². The number of unbranched alkanes of at least 4 members (excludes halogenated alkanes) is 2. The average molecular weight is 407 g/mol. The smallest absolute Gasteiger partial charge is 0.303 e. The van der Waals surface area contributed by atoms with Gasteiger partial charge in [-0.25, -0.2) is 0 Å². The molecule has 0 aliphatic carbocycles. The van der Waals surface area contributed by atoms with Gasteiger partial charge < -0.3 is 19.6 Å². The summed E-state index contributed by atoms with van der Waals surface area (Å²) in [6, 6.07) is 17.3. The molecule has 1 aromatic heterocycles. The van der Waals surface area contributed by atoms with Crippen molar-refractivity contribution in [1.29, 1.82) is 0 Å². The Kier molecular flexibility index (Phi) is 7.66. The monoisotopic (exact) mass is 407 g/mol. The van der Waals surface area contributed by atoms with Crippen LogP contribution in [0.3, 0.4) is 0 Å². The van der Waals surface area contributed by atoms with Crippen molar-refractivity contribution in [2.75, 3.05) is 6.61 Å². The summed E-state index contributed by atoms with van der Waals surface area (Å²) in [5.74, 6) is 0.336. The number of nitrogens with one attached hydrogen (secondary N) is 1. The molecular formula is C24H25NO5. The van der Waals surface area contributed by atoms with Gasteiger partial charge in [0.05, 0.1) is 18.4 Å². The molecule has 0 unspecified atom stereocenters. The Labute approximate surface area is 175 Å². The van der Waals surface area contributed by atoms with E-state index in [1.54, 1.807) is 18.4 Å². The van der Waals surface area contributed by atoms with E-state index in [9.17, 15) is 9.59 Å². The second-order valence-corrected chi connectivity index (χ2v) is 6.90. The number of carboxylic acid groups (broad SMARTS) is 1. The van der Waals surface area contributed by atoms with Crippen molar-refractivity contribution < 1.29 is 23.8 Å². The van der Waals surface area contributed by atoms with Gasteiger partial charge in [-0.3, -0.25) is 9.59 Å². The number of rotatable bonds is 11. The van der Waals surface area contributed by atoms with Crippen molar-refractivity contribution >= 4 is 22.6 Å². The Morgan fingerprint density at radius 1 is 1.03 bits per heavy atom. The van der Waals surface area contributed by atoms with Crippen LogP contribution in [0.1, 0.15) is 31.4 Å². The molecule has 2 aromatic carbocycles. The third-order valence-corrected chi connectivity index (χ3v) is 4.66. The van der Waals surface area contributed by atoms with E-state index >= 15 is 0 Å². The lowest BCUT2D eigenvalue weighted by Crippen LogP contribution is -2.27. The van der Waals surface area contributed by atoms with E-state index in [2.05, 4.69) is 5.32 Å². The third-order valence-electron chi connectivity index (χ3n) is 4.66. The lowest BCUT2D eigenvalue weighted by atomic mass is 10.1. The molecule has 6 heteroatoms. The quantitative estimate of drug-likeness (QED) is 0.355. The van der Waals surface area contributed by atoms with E-state index < -0.39 is 5.97 Å². The highest BCUT2D eigenvalue weighted by Crippen LogP contribution is 2.25. The molecular weight excluding hydrogens is 382 g/mol. The van der Waals surface area contributed by atoms with E-state index in [-0.39, 0.29) is 25.5 Å². The third kappa shape index (κ3) is 6.24. The molecule has 0 aliphatic rings. The molecule has 0 saturated carbocycles. The topological polar surface area (TPSA) is 88.8 Å². The number of hydrogen-bond donors (Lipinski definition) is 2. The van der Waals surface area contributed by atoms with Crippen LogP contribution < -0.4 is 10.1 Å². The maximum absolute atomic E-state index is 12.7. The van der Waals surface area contributed by atoms with Crippen LogP contribution in [0.2, 0.25) is 0 Å². The van der Waals surface area contributed by atoms with Gasteiger partial charge in [0, 0.05) is 11.8 Å². The Hall–Kier alpha value is -3.54. The van der Waals surface area contributed by atoms with Crippen molar-refractivity contribution in [2.45, 2.75) is 32.2 Å².